The minimum atomic E-state index is 0.813. The SMILES string of the molecule is Brc1cccc(I)c1.Brc1cccc(N(c2ccccc2)c2cc(N(c3ccccc3)c3ccccc3)cc(N(c3ccccc3)c3coc4ccccc34)c2)c1.c1ccc(Cc2cc(N(c3ccccc3)c3ccccc3)cc(N(c3ccccc3)c3coc4ccccc34)c2)cc1. The molecule has 16 rings (SSSR count). The van der Waals surface area contributed by atoms with E-state index in [0.29, 0.717) is 0 Å². The summed E-state index contributed by atoms with van der Waals surface area (Å²) in [5, 5.41) is 2.10. The summed E-state index contributed by atoms with van der Waals surface area (Å²) in [6.07, 6.45) is 4.54. The van der Waals surface area contributed by atoms with Crippen LogP contribution in [0.3, 0.4) is 0 Å². The predicted octanol–water partition coefficient (Wildman–Crippen LogP) is 27.6. The molecule has 99 heavy (non-hydrogen) atoms. The van der Waals surface area contributed by atoms with Gasteiger partial charge in [-0.15, -0.1) is 0 Å². The van der Waals surface area contributed by atoms with Gasteiger partial charge in [-0.25, -0.2) is 0 Å². The second kappa shape index (κ2) is 31.4. The van der Waals surface area contributed by atoms with Crippen LogP contribution in [0.25, 0.3) is 21.9 Å². The Morgan fingerprint density at radius 3 is 0.869 bits per heavy atom. The number of furan rings is 2. The van der Waals surface area contributed by atoms with Crippen molar-refractivity contribution in [3.05, 3.63) is 412 Å². The minimum Gasteiger partial charge on any atom is -0.462 e. The van der Waals surface area contributed by atoms with Gasteiger partial charge in [0.25, 0.3) is 0 Å². The van der Waals surface area contributed by atoms with Gasteiger partial charge in [-0.2, -0.15) is 0 Å². The molecule has 10 heteroatoms. The molecule has 16 aromatic rings. The standard InChI is InChI=1S/C44H32BrN3O.C39H30N2O.C6H4BrI/c45-33-16-15-25-38(28-33)47(36-21-9-3-10-22-36)40-29-39(46(34-17-5-1-6-18-34)35-19-7-2-8-20-35)30-41(31-40)48(37-23-11-4-12-24-37)43-32-49-44-27-14-13-26-42(43)44;1-5-15-30(16-6-1)25-31-26-35(40(32-17-7-2-8-18-32)33-19-9-3-10-20-33)28-36(27-31)41(34-21-11-4-12-22-34)38-29-42-39-24-14-13-23-37(38)39;7-5-2-1-3-6(8)4-5/h1-32H;1-24,26-29H,25H2;1-4H. The molecule has 0 saturated carbocycles. The van der Waals surface area contributed by atoms with E-state index in [1.807, 2.05) is 55.0 Å². The fourth-order valence-electron chi connectivity index (χ4n) is 12.4. The number of fused-ring (bicyclic) bond motifs is 2. The molecule has 2 heterocycles. The minimum absolute atomic E-state index is 0.813. The molecule has 0 atom stereocenters. The lowest BCUT2D eigenvalue weighted by Crippen LogP contribution is -2.16. The van der Waals surface area contributed by atoms with Gasteiger partial charge in [0.15, 0.2) is 0 Å². The molecule has 0 aliphatic rings. The third-order valence-electron chi connectivity index (χ3n) is 16.7. The zero-order valence-electron chi connectivity index (χ0n) is 53.8. The highest BCUT2D eigenvalue weighted by atomic mass is 127. The number of anilines is 15. The molecule has 0 fully saturated rings. The molecule has 7 nitrogen and oxygen atoms in total. The maximum Gasteiger partial charge on any atom is 0.136 e. The first-order chi connectivity index (χ1) is 48.8. The summed E-state index contributed by atoms with van der Waals surface area (Å²) in [4.78, 5) is 11.5. The van der Waals surface area contributed by atoms with Crippen LogP contribution in [-0.2, 0) is 6.42 Å². The van der Waals surface area contributed by atoms with E-state index in [4.69, 9.17) is 8.83 Å². The number of rotatable bonds is 17. The molecular weight excluding hydrogens is 1460 g/mol. The third-order valence-corrected chi connectivity index (χ3v) is 18.4. The summed E-state index contributed by atoms with van der Waals surface area (Å²) in [6.45, 7) is 0. The normalized spacial score (nSPS) is 10.8. The molecule has 0 bridgehead atoms. The molecule has 0 N–H and O–H groups in total. The molecule has 0 spiro atoms. The van der Waals surface area contributed by atoms with Crippen molar-refractivity contribution in [3.63, 3.8) is 0 Å². The maximum absolute atomic E-state index is 6.15. The highest BCUT2D eigenvalue weighted by molar-refractivity contribution is 14.1. The first-order valence-corrected chi connectivity index (χ1v) is 35.3. The monoisotopic (exact) mass is 1520 g/mol. The second-order valence-corrected chi connectivity index (χ2v) is 26.5. The summed E-state index contributed by atoms with van der Waals surface area (Å²) in [5.74, 6) is 0. The molecule has 0 unspecified atom stereocenters. The van der Waals surface area contributed by atoms with Gasteiger partial charge >= 0.3 is 0 Å². The Kier molecular flexibility index (Phi) is 20.6. The van der Waals surface area contributed by atoms with E-state index in [1.54, 1.807) is 0 Å². The van der Waals surface area contributed by atoms with Crippen LogP contribution in [0.15, 0.2) is 406 Å². The fraction of sp³-hybridized carbons (Fsp3) is 0.0112. The Hall–Kier alpha value is -11.2. The third kappa shape index (κ3) is 15.5. The number of hydrogen-bond donors (Lipinski definition) is 0. The molecule has 0 amide bonds. The van der Waals surface area contributed by atoms with Crippen LogP contribution < -0.4 is 24.5 Å². The number of para-hydroxylation sites is 9. The van der Waals surface area contributed by atoms with Crippen molar-refractivity contribution < 1.29 is 8.83 Å². The number of nitrogens with zero attached hydrogens (tertiary/aromatic N) is 5. The molecular formula is C89H66Br2IN5O2. The maximum atomic E-state index is 6.15. The first-order valence-electron chi connectivity index (χ1n) is 32.6. The Labute approximate surface area is 608 Å². The average Bonchev–Trinajstić information content (AvgIpc) is 1.67. The van der Waals surface area contributed by atoms with Crippen LogP contribution in [0.5, 0.6) is 0 Å². The Morgan fingerprint density at radius 2 is 0.515 bits per heavy atom. The summed E-state index contributed by atoms with van der Waals surface area (Å²) < 4.78 is 15.6. The molecule has 0 aliphatic heterocycles. The Balaban J connectivity index is 0.000000153. The van der Waals surface area contributed by atoms with Crippen LogP contribution in [0.4, 0.5) is 85.3 Å². The topological polar surface area (TPSA) is 42.5 Å². The zero-order chi connectivity index (χ0) is 67.1. The smallest absolute Gasteiger partial charge is 0.136 e. The fourth-order valence-corrected chi connectivity index (χ4v) is 14.2. The molecule has 2 aromatic heterocycles. The zero-order valence-corrected chi connectivity index (χ0v) is 59.2. The van der Waals surface area contributed by atoms with Crippen molar-refractivity contribution in [2.45, 2.75) is 6.42 Å². The summed E-state index contributed by atoms with van der Waals surface area (Å²) in [5.41, 5.74) is 19.8. The van der Waals surface area contributed by atoms with E-state index >= 15 is 0 Å². The van der Waals surface area contributed by atoms with Crippen molar-refractivity contribution in [1.29, 1.82) is 0 Å². The molecule has 14 aromatic carbocycles. The van der Waals surface area contributed by atoms with Gasteiger partial charge in [-0.05, 0) is 222 Å². The molecule has 0 aliphatic carbocycles. The van der Waals surface area contributed by atoms with E-state index in [9.17, 15) is 0 Å². The number of hydrogen-bond acceptors (Lipinski definition) is 7. The lowest BCUT2D eigenvalue weighted by molar-refractivity contribution is 0.616. The van der Waals surface area contributed by atoms with Gasteiger partial charge in [0.05, 0.1) is 28.4 Å². The van der Waals surface area contributed by atoms with Crippen LogP contribution in [0, 0.1) is 3.57 Å². The molecule has 0 saturated heterocycles. The van der Waals surface area contributed by atoms with Gasteiger partial charge in [0.1, 0.15) is 23.7 Å². The predicted molar refractivity (Wildman–Crippen MR) is 430 cm³/mol. The average molecular weight is 1520 g/mol. The van der Waals surface area contributed by atoms with Crippen LogP contribution in [-0.4, -0.2) is 0 Å². The Morgan fingerprint density at radius 1 is 0.232 bits per heavy atom. The van der Waals surface area contributed by atoms with Crippen LogP contribution in [0.1, 0.15) is 11.1 Å². The van der Waals surface area contributed by atoms with E-state index in [1.165, 1.54) is 14.7 Å². The second-order valence-electron chi connectivity index (χ2n) is 23.4. The lowest BCUT2D eigenvalue weighted by Gasteiger charge is -2.32. The van der Waals surface area contributed by atoms with E-state index < -0.39 is 0 Å². The summed E-state index contributed by atoms with van der Waals surface area (Å²) in [7, 11) is 0. The summed E-state index contributed by atoms with van der Waals surface area (Å²) in [6, 6.07) is 131. The van der Waals surface area contributed by atoms with Crippen molar-refractivity contribution >= 4 is 162 Å². The number of benzene rings is 14. The highest BCUT2D eigenvalue weighted by Crippen LogP contribution is 2.49. The molecule has 480 valence electrons. The summed E-state index contributed by atoms with van der Waals surface area (Å²) >= 11 is 9.37. The Bertz CT molecular complexity index is 5150. The van der Waals surface area contributed by atoms with Crippen molar-refractivity contribution in [2.75, 3.05) is 24.5 Å². The van der Waals surface area contributed by atoms with E-state index in [2.05, 4.69) is 413 Å². The van der Waals surface area contributed by atoms with Gasteiger partial charge < -0.3 is 33.3 Å². The van der Waals surface area contributed by atoms with Gasteiger partial charge in [0.2, 0.25) is 0 Å². The first kappa shape index (κ1) is 65.2. The van der Waals surface area contributed by atoms with Gasteiger partial charge in [-0.1, -0.05) is 226 Å². The quantitative estimate of drug-likeness (QED) is 0.0842. The van der Waals surface area contributed by atoms with Crippen LogP contribution in [0.2, 0.25) is 0 Å². The largest absolute Gasteiger partial charge is 0.462 e. The molecule has 0 radical (unpaired) electrons. The van der Waals surface area contributed by atoms with Gasteiger partial charge in [-0.3, -0.25) is 0 Å². The van der Waals surface area contributed by atoms with E-state index in [0.717, 1.165) is 123 Å². The van der Waals surface area contributed by atoms with Crippen molar-refractivity contribution in [3.8, 4) is 0 Å². The van der Waals surface area contributed by atoms with Gasteiger partial charge in [0, 0.05) is 80.2 Å². The lowest BCUT2D eigenvalue weighted by atomic mass is 10.0. The van der Waals surface area contributed by atoms with E-state index in [-0.39, 0.29) is 0 Å². The van der Waals surface area contributed by atoms with Crippen LogP contribution >= 0.6 is 54.5 Å². The number of halogens is 3. The van der Waals surface area contributed by atoms with Crippen molar-refractivity contribution in [1.82, 2.24) is 0 Å². The van der Waals surface area contributed by atoms with Crippen molar-refractivity contribution in [2.24, 2.45) is 0 Å². The highest BCUT2D eigenvalue weighted by Gasteiger charge is 2.26.